The molecule has 0 bridgehead atoms. The molecular weight excluding hydrogens is 267 g/mol. The average molecular weight is 273 g/mol. The molecule has 0 aliphatic rings. The third kappa shape index (κ3) is 2.15. The Bertz CT molecular complexity index is 743. The van der Waals surface area contributed by atoms with Crippen molar-refractivity contribution in [2.45, 2.75) is 0 Å². The highest BCUT2D eigenvalue weighted by molar-refractivity contribution is 5.71. The topological polar surface area (TPSA) is 40.2 Å². The summed E-state index contributed by atoms with van der Waals surface area (Å²) in [5.41, 5.74) is -2.25. The lowest BCUT2D eigenvalue weighted by molar-refractivity contribution is 0.503. The fraction of sp³-hybridized carbons (Fsp3) is 0. The summed E-state index contributed by atoms with van der Waals surface area (Å²) in [5.74, 6) is -4.37. The summed E-state index contributed by atoms with van der Waals surface area (Å²) in [6.45, 7) is 6.69. The largest absolute Gasteiger partial charge is 0.351 e. The van der Waals surface area contributed by atoms with E-state index < -0.39 is 34.4 Å². The van der Waals surface area contributed by atoms with Gasteiger partial charge in [-0.25, -0.2) is 18.0 Å². The fourth-order valence-corrected chi connectivity index (χ4v) is 1.63. The number of halogens is 3. The molecule has 98 valence electrons. The maximum Gasteiger partial charge on any atom is 0.245 e. The van der Waals surface area contributed by atoms with Crippen molar-refractivity contribution in [3.05, 3.63) is 64.8 Å². The Hall–Kier alpha value is -2.99. The molecule has 20 heavy (non-hydrogen) atoms. The van der Waals surface area contributed by atoms with Crippen molar-refractivity contribution in [3.63, 3.8) is 0 Å². The van der Waals surface area contributed by atoms with Gasteiger partial charge in [-0.3, -0.25) is 0 Å². The van der Waals surface area contributed by atoms with E-state index in [4.69, 9.17) is 11.8 Å². The van der Waals surface area contributed by atoms with Crippen LogP contribution in [0.2, 0.25) is 0 Å². The summed E-state index contributed by atoms with van der Waals surface area (Å²) >= 11 is 0. The third-order valence-corrected chi connectivity index (χ3v) is 2.56. The predicted octanol–water partition coefficient (Wildman–Crippen LogP) is 4.27. The van der Waals surface area contributed by atoms with Crippen molar-refractivity contribution in [3.8, 4) is 6.07 Å². The van der Waals surface area contributed by atoms with Gasteiger partial charge < -0.3 is 5.32 Å². The number of nitriles is 1. The molecule has 3 nitrogen and oxygen atoms in total. The highest BCUT2D eigenvalue weighted by atomic mass is 19.2. The van der Waals surface area contributed by atoms with Crippen LogP contribution >= 0.6 is 0 Å². The SMILES string of the molecule is [C-]#[N+]c1c(F)c(F)c(Nc2ccccc2)c(F)c1C#N. The van der Waals surface area contributed by atoms with Gasteiger partial charge in [-0.05, 0) is 12.1 Å². The molecule has 0 atom stereocenters. The van der Waals surface area contributed by atoms with Crippen LogP contribution in [-0.2, 0) is 0 Å². The van der Waals surface area contributed by atoms with E-state index in [9.17, 15) is 13.2 Å². The second kappa shape index (κ2) is 5.33. The molecule has 0 aromatic heterocycles. The second-order valence-corrected chi connectivity index (χ2v) is 3.76. The summed E-state index contributed by atoms with van der Waals surface area (Å²) in [5, 5.41) is 11.1. The number of para-hydroxylation sites is 1. The monoisotopic (exact) mass is 273 g/mol. The van der Waals surface area contributed by atoms with Gasteiger partial charge in [0.1, 0.15) is 5.69 Å². The summed E-state index contributed by atoms with van der Waals surface area (Å²) in [6.07, 6.45) is 0. The lowest BCUT2D eigenvalue weighted by Gasteiger charge is -2.11. The van der Waals surface area contributed by atoms with Crippen LogP contribution in [0.15, 0.2) is 30.3 Å². The standard InChI is InChI=1S/C14H6F3N3/c1-19-13-9(7-18)10(15)14(12(17)11(13)16)20-8-5-3-2-4-6-8/h2-6,20H. The normalized spacial score (nSPS) is 9.65. The van der Waals surface area contributed by atoms with Crippen molar-refractivity contribution in [2.24, 2.45) is 0 Å². The first-order valence-electron chi connectivity index (χ1n) is 5.40. The van der Waals surface area contributed by atoms with Crippen LogP contribution in [0, 0.1) is 35.4 Å². The Labute approximate surface area is 112 Å². The molecule has 0 radical (unpaired) electrons. The molecule has 0 spiro atoms. The van der Waals surface area contributed by atoms with E-state index in [1.54, 1.807) is 18.2 Å². The molecule has 2 aromatic rings. The minimum absolute atomic E-state index is 0.323. The van der Waals surface area contributed by atoms with Gasteiger partial charge in [0.25, 0.3) is 0 Å². The molecule has 0 heterocycles. The summed E-state index contributed by atoms with van der Waals surface area (Å²) in [4.78, 5) is 2.66. The third-order valence-electron chi connectivity index (χ3n) is 2.56. The lowest BCUT2D eigenvalue weighted by atomic mass is 10.1. The van der Waals surface area contributed by atoms with E-state index in [1.807, 2.05) is 0 Å². The molecule has 2 aromatic carbocycles. The van der Waals surface area contributed by atoms with Crippen molar-refractivity contribution >= 4 is 17.1 Å². The van der Waals surface area contributed by atoms with Crippen molar-refractivity contribution in [2.75, 3.05) is 5.32 Å². The summed E-state index contributed by atoms with van der Waals surface area (Å²) < 4.78 is 41.4. The van der Waals surface area contributed by atoms with E-state index in [1.165, 1.54) is 18.2 Å². The van der Waals surface area contributed by atoms with Gasteiger partial charge in [-0.1, -0.05) is 18.2 Å². The minimum Gasteiger partial charge on any atom is -0.351 e. The molecule has 0 aliphatic heterocycles. The first-order valence-corrected chi connectivity index (χ1v) is 5.40. The van der Waals surface area contributed by atoms with Crippen LogP contribution in [-0.4, -0.2) is 0 Å². The molecule has 0 amide bonds. The predicted molar refractivity (Wildman–Crippen MR) is 67.0 cm³/mol. The van der Waals surface area contributed by atoms with Gasteiger partial charge >= 0.3 is 0 Å². The van der Waals surface area contributed by atoms with Gasteiger partial charge in [-0.15, -0.1) is 0 Å². The molecule has 0 unspecified atom stereocenters. The van der Waals surface area contributed by atoms with E-state index in [-0.39, 0.29) is 0 Å². The molecule has 0 fully saturated rings. The Morgan fingerprint density at radius 1 is 1.05 bits per heavy atom. The smallest absolute Gasteiger partial charge is 0.245 e. The summed E-state index contributed by atoms with van der Waals surface area (Å²) in [7, 11) is 0. The Morgan fingerprint density at radius 2 is 1.70 bits per heavy atom. The van der Waals surface area contributed by atoms with Crippen molar-refractivity contribution in [1.29, 1.82) is 5.26 Å². The van der Waals surface area contributed by atoms with Crippen LogP contribution in [0.4, 0.5) is 30.2 Å². The first-order chi connectivity index (χ1) is 9.60. The number of hydrogen-bond acceptors (Lipinski definition) is 2. The van der Waals surface area contributed by atoms with Gasteiger partial charge in [0, 0.05) is 5.69 Å². The van der Waals surface area contributed by atoms with Gasteiger partial charge in [0.05, 0.1) is 18.2 Å². The Balaban J connectivity index is 2.64. The number of anilines is 2. The van der Waals surface area contributed by atoms with Crippen LogP contribution in [0.25, 0.3) is 4.85 Å². The second-order valence-electron chi connectivity index (χ2n) is 3.76. The summed E-state index contributed by atoms with van der Waals surface area (Å²) in [6, 6.07) is 9.34. The highest BCUT2D eigenvalue weighted by Crippen LogP contribution is 2.35. The zero-order valence-corrected chi connectivity index (χ0v) is 9.92. The minimum atomic E-state index is -1.55. The van der Waals surface area contributed by atoms with E-state index in [0.717, 1.165) is 0 Å². The number of nitrogens with one attached hydrogen (secondary N) is 1. The zero-order chi connectivity index (χ0) is 14.7. The lowest BCUT2D eigenvalue weighted by Crippen LogP contribution is -2.03. The van der Waals surface area contributed by atoms with E-state index in [2.05, 4.69) is 10.2 Å². The number of hydrogen-bond donors (Lipinski definition) is 1. The first kappa shape index (κ1) is 13.4. The molecule has 1 N–H and O–H groups in total. The molecule has 0 saturated carbocycles. The van der Waals surface area contributed by atoms with Gasteiger partial charge in [0.15, 0.2) is 17.5 Å². The number of nitrogens with zero attached hydrogens (tertiary/aromatic N) is 2. The zero-order valence-electron chi connectivity index (χ0n) is 9.92. The van der Waals surface area contributed by atoms with E-state index in [0.29, 0.717) is 5.69 Å². The van der Waals surface area contributed by atoms with Crippen LogP contribution in [0.3, 0.4) is 0 Å². The average Bonchev–Trinajstić information content (AvgIpc) is 2.48. The molecular formula is C14H6F3N3. The number of rotatable bonds is 2. The fourth-order valence-electron chi connectivity index (χ4n) is 1.63. The molecule has 0 aliphatic carbocycles. The van der Waals surface area contributed by atoms with Crippen LogP contribution < -0.4 is 5.32 Å². The quantitative estimate of drug-likeness (QED) is 0.655. The Kier molecular flexibility index (Phi) is 3.58. The maximum absolute atomic E-state index is 14.0. The van der Waals surface area contributed by atoms with Crippen LogP contribution in [0.5, 0.6) is 0 Å². The van der Waals surface area contributed by atoms with Gasteiger partial charge in [0.2, 0.25) is 5.69 Å². The van der Waals surface area contributed by atoms with E-state index >= 15 is 0 Å². The number of benzene rings is 2. The molecule has 6 heteroatoms. The maximum atomic E-state index is 14.0. The van der Waals surface area contributed by atoms with Gasteiger partial charge in [-0.2, -0.15) is 5.26 Å². The van der Waals surface area contributed by atoms with Crippen molar-refractivity contribution < 1.29 is 13.2 Å². The molecule has 0 saturated heterocycles. The van der Waals surface area contributed by atoms with Crippen LogP contribution in [0.1, 0.15) is 5.56 Å². The highest BCUT2D eigenvalue weighted by Gasteiger charge is 2.25. The van der Waals surface area contributed by atoms with Crippen molar-refractivity contribution in [1.82, 2.24) is 0 Å². The Morgan fingerprint density at radius 3 is 2.25 bits per heavy atom. The molecule has 2 rings (SSSR count).